The number of hydrogen-bond donors (Lipinski definition) is 0. The molecule has 0 heterocycles. The second kappa shape index (κ2) is 17.8. The van der Waals surface area contributed by atoms with Crippen LogP contribution in [-0.2, 0) is 0 Å². The third-order valence-electron chi connectivity index (χ3n) is 0. The largest absolute Gasteiger partial charge is 1.00 e. The van der Waals surface area contributed by atoms with Crippen molar-refractivity contribution < 1.29 is 97.2 Å². The van der Waals surface area contributed by atoms with Crippen LogP contribution in [0.4, 0.5) is 0 Å². The van der Waals surface area contributed by atoms with Crippen molar-refractivity contribution in [3.8, 4) is 0 Å². The Morgan fingerprint density at radius 2 is 0.750 bits per heavy atom. The van der Waals surface area contributed by atoms with Crippen LogP contribution in [0.15, 0.2) is 0 Å². The molecule has 0 nitrogen and oxygen atoms in total. The van der Waals surface area contributed by atoms with E-state index in [1.165, 1.54) is 0 Å². The normalized spacial score (nSPS) is 0. The van der Waals surface area contributed by atoms with Crippen LogP contribution >= 0.6 is 0 Å². The van der Waals surface area contributed by atoms with Crippen LogP contribution in [0.5, 0.6) is 0 Å². The van der Waals surface area contributed by atoms with Crippen molar-refractivity contribution in [1.82, 2.24) is 0 Å². The molecule has 16 valence electrons. The Hall–Kier alpha value is 2.51. The van der Waals surface area contributed by atoms with Crippen LogP contribution in [0.2, 0.25) is 0 Å². The maximum absolute atomic E-state index is 0. The molecule has 0 fully saturated rings. The van der Waals surface area contributed by atoms with E-state index in [-0.39, 0.29) is 97.2 Å². The average molecular weight is 178 g/mol. The van der Waals surface area contributed by atoms with Gasteiger partial charge in [-0.3, -0.25) is 0 Å². The van der Waals surface area contributed by atoms with E-state index in [1.807, 2.05) is 0 Å². The Kier molecular flexibility index (Phi) is 140. The molecule has 0 rings (SSSR count). The van der Waals surface area contributed by atoms with Gasteiger partial charge in [0.2, 0.25) is 0 Å². The molecule has 4 heavy (non-hydrogen) atoms. The van der Waals surface area contributed by atoms with Gasteiger partial charge in [-0.05, 0) is 0 Å². The van der Waals surface area contributed by atoms with Crippen LogP contribution in [-0.4, -0.2) is 0 Å². The summed E-state index contributed by atoms with van der Waals surface area (Å²) in [4.78, 5) is 0. The monoisotopic (exact) mass is 178 g/mol. The van der Waals surface area contributed by atoms with Crippen LogP contribution in [0, 0.1) is 0 Å². The second-order valence-corrected chi connectivity index (χ2v) is 0. The molecule has 0 radical (unpaired) electrons. The zero-order valence-corrected chi connectivity index (χ0v) is 9.04. The fourth-order valence-electron chi connectivity index (χ4n) is 0. The van der Waals surface area contributed by atoms with Crippen molar-refractivity contribution in [1.29, 1.82) is 0 Å². The molecule has 0 saturated carbocycles. The van der Waals surface area contributed by atoms with Crippen molar-refractivity contribution >= 4 is 0 Å². The maximum atomic E-state index is 0. The quantitative estimate of drug-likeness (QED) is 0.323. The SMILES string of the molecule is [Cs+].[F-].[F-].[Li+]. The molecule has 0 aromatic carbocycles. The van der Waals surface area contributed by atoms with Gasteiger partial charge in [-0.25, -0.2) is 0 Å². The predicted molar refractivity (Wildman–Crippen MR) is 0 cm³/mol. The minimum atomic E-state index is 0. The van der Waals surface area contributed by atoms with Crippen LogP contribution in [0.3, 0.4) is 0 Å². The van der Waals surface area contributed by atoms with Crippen LogP contribution in [0.25, 0.3) is 0 Å². The number of halogens is 2. The van der Waals surface area contributed by atoms with Crippen LogP contribution < -0.4 is 97.2 Å². The van der Waals surface area contributed by atoms with E-state index in [9.17, 15) is 0 Å². The summed E-state index contributed by atoms with van der Waals surface area (Å²) in [6.45, 7) is 0. The molecule has 0 saturated heterocycles. The molecule has 0 aliphatic rings. The predicted octanol–water partition coefficient (Wildman–Crippen LogP) is -12.0. The smallest absolute Gasteiger partial charge is 1.00 e. The molecule has 0 aliphatic heterocycles. The molecule has 0 N–H and O–H groups in total. The van der Waals surface area contributed by atoms with Crippen molar-refractivity contribution in [3.05, 3.63) is 0 Å². The first kappa shape index (κ1) is 31.4. The molecule has 0 bridgehead atoms. The summed E-state index contributed by atoms with van der Waals surface area (Å²) in [6, 6.07) is 0. The molecule has 0 aromatic rings. The van der Waals surface area contributed by atoms with Gasteiger partial charge in [-0.15, -0.1) is 0 Å². The summed E-state index contributed by atoms with van der Waals surface area (Å²) < 4.78 is 0. The third kappa shape index (κ3) is 8.82. The van der Waals surface area contributed by atoms with Gasteiger partial charge in [0.15, 0.2) is 0 Å². The second-order valence-electron chi connectivity index (χ2n) is 0. The molecule has 0 aliphatic carbocycles. The van der Waals surface area contributed by atoms with Gasteiger partial charge in [-0.2, -0.15) is 0 Å². The van der Waals surface area contributed by atoms with Gasteiger partial charge in [0.1, 0.15) is 0 Å². The van der Waals surface area contributed by atoms with Gasteiger partial charge < -0.3 is 9.41 Å². The molecular formula is CsF2Li. The summed E-state index contributed by atoms with van der Waals surface area (Å²) >= 11 is 0. The third-order valence-corrected chi connectivity index (χ3v) is 0. The van der Waals surface area contributed by atoms with Crippen molar-refractivity contribution in [2.24, 2.45) is 0 Å². The van der Waals surface area contributed by atoms with E-state index in [2.05, 4.69) is 0 Å². The fraction of sp³-hybridized carbons (Fsp3) is 0. The Balaban J connectivity index is 0. The number of hydrogen-bond acceptors (Lipinski definition) is 0. The summed E-state index contributed by atoms with van der Waals surface area (Å²) in [7, 11) is 0. The first-order chi connectivity index (χ1) is 0. The van der Waals surface area contributed by atoms with Gasteiger partial charge in [0.25, 0.3) is 0 Å². The molecule has 0 atom stereocenters. The molecule has 4 heteroatoms. The minimum absolute atomic E-state index is 0. The van der Waals surface area contributed by atoms with E-state index < -0.39 is 0 Å². The number of rotatable bonds is 0. The van der Waals surface area contributed by atoms with Gasteiger partial charge in [-0.1, -0.05) is 0 Å². The standard InChI is InChI=1S/Cs.2FH.Li/h;2*1H;/q+1;;;+1/p-2. The van der Waals surface area contributed by atoms with Crippen LogP contribution in [0.1, 0.15) is 0 Å². The molecule has 0 spiro atoms. The van der Waals surface area contributed by atoms with E-state index in [0.29, 0.717) is 0 Å². The van der Waals surface area contributed by atoms with Crippen molar-refractivity contribution in [2.75, 3.05) is 0 Å². The summed E-state index contributed by atoms with van der Waals surface area (Å²) in [5.41, 5.74) is 0. The molecule has 0 aromatic heterocycles. The van der Waals surface area contributed by atoms with E-state index in [0.717, 1.165) is 0 Å². The Labute approximate surface area is 94.4 Å². The summed E-state index contributed by atoms with van der Waals surface area (Å²) in [5, 5.41) is 0. The Bertz CT molecular complexity index is 6.00. The molecular weight excluding hydrogens is 178 g/mol. The fourth-order valence-corrected chi connectivity index (χ4v) is 0. The topological polar surface area (TPSA) is 0 Å². The zero-order valence-electron chi connectivity index (χ0n) is 2.76. The first-order valence-electron chi connectivity index (χ1n) is 0. The van der Waals surface area contributed by atoms with E-state index >= 15 is 0 Å². The molecule has 0 amide bonds. The maximum Gasteiger partial charge on any atom is 1.00 e. The molecule has 0 unspecified atom stereocenters. The van der Waals surface area contributed by atoms with Gasteiger partial charge in [0.05, 0.1) is 0 Å². The van der Waals surface area contributed by atoms with Gasteiger partial charge >= 0.3 is 87.8 Å². The average Bonchev–Trinajstić information content (AvgIpc) is 0. The van der Waals surface area contributed by atoms with Crippen molar-refractivity contribution in [3.63, 3.8) is 0 Å². The zero-order chi connectivity index (χ0) is 0. The summed E-state index contributed by atoms with van der Waals surface area (Å²) in [6.07, 6.45) is 0. The van der Waals surface area contributed by atoms with Gasteiger partial charge in [0, 0.05) is 0 Å². The van der Waals surface area contributed by atoms with E-state index in [1.54, 1.807) is 0 Å². The Morgan fingerprint density at radius 1 is 0.750 bits per heavy atom. The van der Waals surface area contributed by atoms with Crippen molar-refractivity contribution in [2.45, 2.75) is 0 Å². The Morgan fingerprint density at radius 3 is 0.750 bits per heavy atom. The summed E-state index contributed by atoms with van der Waals surface area (Å²) in [5.74, 6) is 0. The minimum Gasteiger partial charge on any atom is -1.00 e. The first-order valence-corrected chi connectivity index (χ1v) is 0. The van der Waals surface area contributed by atoms with E-state index in [4.69, 9.17) is 0 Å².